The van der Waals surface area contributed by atoms with E-state index in [1.54, 1.807) is 33.2 Å². The maximum absolute atomic E-state index is 6.51. The Morgan fingerprint density at radius 2 is 1.62 bits per heavy atom. The number of aromatic nitrogens is 1. The Labute approximate surface area is 170 Å². The molecule has 1 fully saturated rings. The normalized spacial score (nSPS) is 19.2. The zero-order chi connectivity index (χ0) is 20.4. The van der Waals surface area contributed by atoms with E-state index < -0.39 is 0 Å². The number of para-hydroxylation sites is 1. The van der Waals surface area contributed by atoms with Gasteiger partial charge in [0.2, 0.25) is 5.75 Å². The van der Waals surface area contributed by atoms with Crippen LogP contribution in [-0.4, -0.2) is 46.3 Å². The highest BCUT2D eigenvalue weighted by molar-refractivity contribution is 5.84. The highest BCUT2D eigenvalue weighted by atomic mass is 16.6. The first-order chi connectivity index (χ1) is 14.2. The van der Waals surface area contributed by atoms with Crippen LogP contribution in [0.3, 0.4) is 0 Å². The van der Waals surface area contributed by atoms with Gasteiger partial charge in [0.05, 0.1) is 45.3 Å². The van der Waals surface area contributed by atoms with Crippen molar-refractivity contribution in [3.8, 4) is 17.2 Å². The van der Waals surface area contributed by atoms with Gasteiger partial charge in [0, 0.05) is 24.0 Å². The van der Waals surface area contributed by atoms with Gasteiger partial charge in [-0.2, -0.15) is 4.73 Å². The molecule has 2 atom stereocenters. The number of benzene rings is 2. The second-order valence-electron chi connectivity index (χ2n) is 6.84. The number of morpholine rings is 1. The second kappa shape index (κ2) is 8.23. The maximum Gasteiger partial charge on any atom is 0.203 e. The van der Waals surface area contributed by atoms with Crippen molar-refractivity contribution in [3.05, 3.63) is 53.7 Å². The van der Waals surface area contributed by atoms with Gasteiger partial charge in [0.25, 0.3) is 0 Å². The van der Waals surface area contributed by atoms with Gasteiger partial charge >= 0.3 is 0 Å². The summed E-state index contributed by atoms with van der Waals surface area (Å²) in [6.07, 6.45) is 1.72. The van der Waals surface area contributed by atoms with Crippen molar-refractivity contribution < 1.29 is 23.8 Å². The van der Waals surface area contributed by atoms with E-state index in [-0.39, 0.29) is 12.2 Å². The Kier molecular flexibility index (Phi) is 5.51. The molecule has 7 heteroatoms. The zero-order valence-electron chi connectivity index (χ0n) is 17.1. The average Bonchev–Trinajstić information content (AvgIpc) is 3.17. The molecule has 2 heterocycles. The number of ether oxygens (including phenoxy) is 4. The van der Waals surface area contributed by atoms with Gasteiger partial charge < -0.3 is 29.1 Å². The summed E-state index contributed by atoms with van der Waals surface area (Å²) in [7, 11) is 6.49. The maximum atomic E-state index is 6.51. The van der Waals surface area contributed by atoms with Gasteiger partial charge in [-0.25, -0.2) is 0 Å². The van der Waals surface area contributed by atoms with E-state index in [2.05, 4.69) is 11.4 Å². The summed E-state index contributed by atoms with van der Waals surface area (Å²) in [5, 5.41) is 4.61. The standard InChI is InChI=1S/C22H26N2O5/c1-25-18-9-14(10-19(26-2)22(18)27-3)20-11-23-12-21(29-20)16-13-24(28-4)17-8-6-5-7-15(16)17/h5-10,13,20-21,23H,11-12H2,1-4H3/t20-,21+/m1/s1. The summed E-state index contributed by atoms with van der Waals surface area (Å²) < 4.78 is 24.7. The van der Waals surface area contributed by atoms with Crippen molar-refractivity contribution in [1.82, 2.24) is 10.0 Å². The Morgan fingerprint density at radius 1 is 0.931 bits per heavy atom. The summed E-state index contributed by atoms with van der Waals surface area (Å²) in [6, 6.07) is 12.0. The monoisotopic (exact) mass is 398 g/mol. The molecule has 0 unspecified atom stereocenters. The first-order valence-electron chi connectivity index (χ1n) is 9.50. The van der Waals surface area contributed by atoms with Crippen molar-refractivity contribution in [2.45, 2.75) is 12.2 Å². The smallest absolute Gasteiger partial charge is 0.203 e. The van der Waals surface area contributed by atoms with Crippen molar-refractivity contribution in [1.29, 1.82) is 0 Å². The first kappa shape index (κ1) is 19.4. The van der Waals surface area contributed by atoms with Crippen LogP contribution in [0.5, 0.6) is 17.2 Å². The molecular formula is C22H26N2O5. The molecule has 1 saturated heterocycles. The summed E-state index contributed by atoms with van der Waals surface area (Å²) in [4.78, 5) is 5.49. The number of nitrogens with one attached hydrogen (secondary N) is 1. The van der Waals surface area contributed by atoms with Crippen LogP contribution in [0.2, 0.25) is 0 Å². The minimum atomic E-state index is -0.160. The highest BCUT2D eigenvalue weighted by Gasteiger charge is 2.29. The lowest BCUT2D eigenvalue weighted by Crippen LogP contribution is -2.36. The molecule has 0 radical (unpaired) electrons. The summed E-state index contributed by atoms with van der Waals surface area (Å²) in [5.74, 6) is 1.80. The van der Waals surface area contributed by atoms with Crippen molar-refractivity contribution in [2.75, 3.05) is 41.5 Å². The number of fused-ring (bicyclic) bond motifs is 1. The summed E-state index contributed by atoms with van der Waals surface area (Å²) >= 11 is 0. The molecule has 0 amide bonds. The van der Waals surface area contributed by atoms with E-state index in [1.165, 1.54) is 0 Å². The van der Waals surface area contributed by atoms with Crippen LogP contribution >= 0.6 is 0 Å². The summed E-state index contributed by atoms with van der Waals surface area (Å²) in [6.45, 7) is 1.41. The number of nitrogens with zero attached hydrogens (tertiary/aromatic N) is 1. The number of methoxy groups -OCH3 is 3. The van der Waals surface area contributed by atoms with Crippen LogP contribution in [0, 0.1) is 0 Å². The van der Waals surface area contributed by atoms with Crippen LogP contribution in [0.1, 0.15) is 23.3 Å². The second-order valence-corrected chi connectivity index (χ2v) is 6.84. The van der Waals surface area contributed by atoms with Crippen molar-refractivity contribution >= 4 is 10.9 Å². The third-order valence-electron chi connectivity index (χ3n) is 5.30. The molecule has 1 aliphatic heterocycles. The topological polar surface area (TPSA) is 63.1 Å². The minimum absolute atomic E-state index is 0.117. The van der Waals surface area contributed by atoms with Crippen molar-refractivity contribution in [3.63, 3.8) is 0 Å². The molecule has 0 aliphatic carbocycles. The molecule has 1 aliphatic rings. The van der Waals surface area contributed by atoms with Crippen LogP contribution in [0.25, 0.3) is 10.9 Å². The van der Waals surface area contributed by atoms with Crippen LogP contribution in [0.15, 0.2) is 42.6 Å². The number of rotatable bonds is 6. The largest absolute Gasteiger partial charge is 0.493 e. The lowest BCUT2D eigenvalue weighted by molar-refractivity contribution is -0.0404. The van der Waals surface area contributed by atoms with Gasteiger partial charge in [-0.1, -0.05) is 18.2 Å². The Hall–Kier alpha value is -2.90. The minimum Gasteiger partial charge on any atom is -0.493 e. The molecule has 1 aromatic heterocycles. The van der Waals surface area contributed by atoms with E-state index in [0.717, 1.165) is 28.6 Å². The highest BCUT2D eigenvalue weighted by Crippen LogP contribution is 2.42. The van der Waals surface area contributed by atoms with E-state index >= 15 is 0 Å². The molecule has 0 bridgehead atoms. The summed E-state index contributed by atoms with van der Waals surface area (Å²) in [5.41, 5.74) is 3.07. The predicted octanol–water partition coefficient (Wildman–Crippen LogP) is 3.13. The zero-order valence-corrected chi connectivity index (χ0v) is 17.1. The predicted molar refractivity (Wildman–Crippen MR) is 110 cm³/mol. The van der Waals surface area contributed by atoms with Gasteiger partial charge in [-0.15, -0.1) is 0 Å². The third kappa shape index (κ3) is 3.47. The fraction of sp³-hybridized carbons (Fsp3) is 0.364. The van der Waals surface area contributed by atoms with Gasteiger partial charge in [-0.05, 0) is 23.8 Å². The van der Waals surface area contributed by atoms with E-state index in [9.17, 15) is 0 Å². The number of hydrogen-bond acceptors (Lipinski definition) is 6. The SMILES string of the molecule is COc1cc([C@H]2CNC[C@@H](c3cn(OC)c4ccccc34)O2)cc(OC)c1OC. The molecule has 0 saturated carbocycles. The van der Waals surface area contributed by atoms with Gasteiger partial charge in [-0.3, -0.25) is 0 Å². The third-order valence-corrected chi connectivity index (χ3v) is 5.30. The Morgan fingerprint density at radius 3 is 2.28 bits per heavy atom. The Bertz CT molecular complexity index is 975. The molecule has 0 spiro atoms. The van der Waals surface area contributed by atoms with E-state index in [1.807, 2.05) is 36.5 Å². The van der Waals surface area contributed by atoms with Crippen LogP contribution < -0.4 is 24.4 Å². The molecule has 1 N–H and O–H groups in total. The fourth-order valence-electron chi connectivity index (χ4n) is 3.89. The van der Waals surface area contributed by atoms with Crippen LogP contribution in [-0.2, 0) is 4.74 Å². The average molecular weight is 398 g/mol. The number of hydrogen-bond donors (Lipinski definition) is 1. The molecule has 154 valence electrons. The van der Waals surface area contributed by atoms with Crippen molar-refractivity contribution in [2.24, 2.45) is 0 Å². The molecule has 3 aromatic rings. The quantitative estimate of drug-likeness (QED) is 0.688. The molecule has 29 heavy (non-hydrogen) atoms. The molecule has 4 rings (SSSR count). The molecule has 7 nitrogen and oxygen atoms in total. The molecular weight excluding hydrogens is 372 g/mol. The van der Waals surface area contributed by atoms with E-state index in [0.29, 0.717) is 23.8 Å². The van der Waals surface area contributed by atoms with Gasteiger partial charge in [0.1, 0.15) is 7.11 Å². The lowest BCUT2D eigenvalue weighted by Gasteiger charge is -2.31. The van der Waals surface area contributed by atoms with Gasteiger partial charge in [0.15, 0.2) is 11.5 Å². The fourth-order valence-corrected chi connectivity index (χ4v) is 3.89. The molecule has 2 aromatic carbocycles. The first-order valence-corrected chi connectivity index (χ1v) is 9.50. The Balaban J connectivity index is 1.68. The lowest BCUT2D eigenvalue weighted by atomic mass is 10.0. The van der Waals surface area contributed by atoms with E-state index in [4.69, 9.17) is 23.8 Å². The van der Waals surface area contributed by atoms with Crippen LogP contribution in [0.4, 0.5) is 0 Å².